The molecule has 3 heteroatoms. The molecule has 0 N–H and O–H groups in total. The predicted octanol–water partition coefficient (Wildman–Crippen LogP) is 9.74. The highest BCUT2D eigenvalue weighted by molar-refractivity contribution is 14.1. The summed E-state index contributed by atoms with van der Waals surface area (Å²) in [6.45, 7) is 0. The average Bonchev–Trinajstić information content (AvgIpc) is 3.31. The summed E-state index contributed by atoms with van der Waals surface area (Å²) < 4.78 is 7.22. The normalized spacial score (nSPS) is 11.5. The van der Waals surface area contributed by atoms with Crippen molar-refractivity contribution >= 4 is 55.4 Å². The minimum absolute atomic E-state index is 0.920. The summed E-state index contributed by atoms with van der Waals surface area (Å²) in [6.07, 6.45) is 1.97. The topological polar surface area (TPSA) is 26.0 Å². The number of aromatic nitrogens is 1. The van der Waals surface area contributed by atoms with E-state index in [0.717, 1.165) is 44.0 Å². The number of fused-ring (bicyclic) bond motifs is 4. The number of halogens is 1. The Bertz CT molecular complexity index is 1880. The summed E-state index contributed by atoms with van der Waals surface area (Å²) in [5, 5.41) is 3.44. The van der Waals surface area contributed by atoms with Gasteiger partial charge < -0.3 is 4.42 Å². The molecule has 0 saturated heterocycles. The molecule has 7 rings (SSSR count). The molecule has 0 atom stereocenters. The molecular weight excluding hydrogens is 553 g/mol. The molecular formula is C33H20INO. The maximum atomic E-state index is 5.99. The molecule has 7 aromatic rings. The zero-order valence-electron chi connectivity index (χ0n) is 19.3. The molecule has 0 unspecified atom stereocenters. The van der Waals surface area contributed by atoms with E-state index in [9.17, 15) is 0 Å². The van der Waals surface area contributed by atoms with E-state index in [2.05, 4.69) is 126 Å². The van der Waals surface area contributed by atoms with Gasteiger partial charge in [0.15, 0.2) is 0 Å². The Morgan fingerprint density at radius 1 is 0.500 bits per heavy atom. The van der Waals surface area contributed by atoms with Gasteiger partial charge in [0.1, 0.15) is 11.2 Å². The molecule has 5 aromatic carbocycles. The van der Waals surface area contributed by atoms with Crippen LogP contribution in [-0.2, 0) is 0 Å². The average molecular weight is 573 g/mol. The third kappa shape index (κ3) is 3.76. The van der Waals surface area contributed by atoms with E-state index in [1.54, 1.807) is 0 Å². The molecule has 170 valence electrons. The van der Waals surface area contributed by atoms with Crippen LogP contribution in [0.15, 0.2) is 126 Å². The molecule has 0 bridgehead atoms. The van der Waals surface area contributed by atoms with Gasteiger partial charge in [-0.25, -0.2) is 0 Å². The van der Waals surface area contributed by atoms with E-state index in [0.29, 0.717) is 0 Å². The molecule has 0 aliphatic heterocycles. The molecule has 36 heavy (non-hydrogen) atoms. The molecule has 0 aliphatic carbocycles. The monoisotopic (exact) mass is 573 g/mol. The standard InChI is InChI=1S/C33H20INO/c34-28-14-11-22(12-15-28)25-9-10-26-17-27(20-35-31(26)19-25)23-7-5-21(6-8-23)24-13-16-33-30(18-24)29-3-1-2-4-32(29)36-33/h1-20H. The maximum absolute atomic E-state index is 5.99. The van der Waals surface area contributed by atoms with Crippen LogP contribution in [-0.4, -0.2) is 4.98 Å². The molecule has 0 saturated carbocycles. The van der Waals surface area contributed by atoms with Crippen LogP contribution >= 0.6 is 22.6 Å². The summed E-state index contributed by atoms with van der Waals surface area (Å²) in [5.41, 5.74) is 9.89. The van der Waals surface area contributed by atoms with Crippen molar-refractivity contribution in [3.05, 3.63) is 125 Å². The van der Waals surface area contributed by atoms with Crippen LogP contribution in [0.4, 0.5) is 0 Å². The number of para-hydroxylation sites is 1. The molecule has 2 nitrogen and oxygen atoms in total. The van der Waals surface area contributed by atoms with Gasteiger partial charge in [-0.05, 0) is 92.9 Å². The predicted molar refractivity (Wildman–Crippen MR) is 158 cm³/mol. The lowest BCUT2D eigenvalue weighted by atomic mass is 9.98. The minimum atomic E-state index is 0.920. The fourth-order valence-electron chi connectivity index (χ4n) is 4.86. The van der Waals surface area contributed by atoms with Gasteiger partial charge in [-0.15, -0.1) is 0 Å². The van der Waals surface area contributed by atoms with Gasteiger partial charge in [0, 0.05) is 31.5 Å². The second-order valence-electron chi connectivity index (χ2n) is 9.02. The van der Waals surface area contributed by atoms with E-state index in [1.165, 1.54) is 25.8 Å². The number of nitrogens with zero attached hydrogens (tertiary/aromatic N) is 1. The number of hydrogen-bond donors (Lipinski definition) is 0. The Morgan fingerprint density at radius 2 is 1.11 bits per heavy atom. The van der Waals surface area contributed by atoms with Crippen LogP contribution in [0.1, 0.15) is 0 Å². The van der Waals surface area contributed by atoms with E-state index in [-0.39, 0.29) is 0 Å². The highest BCUT2D eigenvalue weighted by Crippen LogP contribution is 2.33. The van der Waals surface area contributed by atoms with E-state index in [4.69, 9.17) is 9.40 Å². The first-order chi connectivity index (χ1) is 17.7. The minimum Gasteiger partial charge on any atom is -0.456 e. The SMILES string of the molecule is Ic1ccc(-c2ccc3cc(-c4ccc(-c5ccc6oc7ccccc7c6c5)cc4)cnc3c2)cc1. The zero-order valence-corrected chi connectivity index (χ0v) is 21.4. The van der Waals surface area contributed by atoms with Crippen molar-refractivity contribution in [2.75, 3.05) is 0 Å². The Balaban J connectivity index is 1.20. The van der Waals surface area contributed by atoms with Crippen LogP contribution < -0.4 is 0 Å². The van der Waals surface area contributed by atoms with Gasteiger partial charge in [-0.1, -0.05) is 72.8 Å². The third-order valence-corrected chi connectivity index (χ3v) is 7.51. The fraction of sp³-hybridized carbons (Fsp3) is 0. The lowest BCUT2D eigenvalue weighted by molar-refractivity contribution is 0.669. The van der Waals surface area contributed by atoms with Gasteiger partial charge in [0.25, 0.3) is 0 Å². The second kappa shape index (κ2) is 8.61. The van der Waals surface area contributed by atoms with Crippen LogP contribution in [0, 0.1) is 3.57 Å². The quantitative estimate of drug-likeness (QED) is 0.197. The van der Waals surface area contributed by atoms with Crippen molar-refractivity contribution in [2.45, 2.75) is 0 Å². The van der Waals surface area contributed by atoms with Crippen LogP contribution in [0.5, 0.6) is 0 Å². The lowest BCUT2D eigenvalue weighted by Crippen LogP contribution is -1.86. The summed E-state index contributed by atoms with van der Waals surface area (Å²) in [4.78, 5) is 4.79. The molecule has 2 heterocycles. The van der Waals surface area contributed by atoms with Gasteiger partial charge in [-0.2, -0.15) is 0 Å². The van der Waals surface area contributed by atoms with Crippen molar-refractivity contribution in [1.29, 1.82) is 0 Å². The summed E-state index contributed by atoms with van der Waals surface area (Å²) >= 11 is 2.33. The number of benzene rings is 5. The largest absolute Gasteiger partial charge is 0.456 e. The number of furan rings is 1. The molecule has 0 fully saturated rings. The van der Waals surface area contributed by atoms with Crippen molar-refractivity contribution in [2.24, 2.45) is 0 Å². The van der Waals surface area contributed by atoms with Crippen LogP contribution in [0.25, 0.3) is 66.2 Å². The highest BCUT2D eigenvalue weighted by atomic mass is 127. The van der Waals surface area contributed by atoms with Crippen molar-refractivity contribution in [3.8, 4) is 33.4 Å². The van der Waals surface area contributed by atoms with E-state index < -0.39 is 0 Å². The van der Waals surface area contributed by atoms with Crippen molar-refractivity contribution in [3.63, 3.8) is 0 Å². The Labute approximate surface area is 222 Å². The van der Waals surface area contributed by atoms with E-state index in [1.807, 2.05) is 18.3 Å². The molecule has 0 amide bonds. The first kappa shape index (κ1) is 21.3. The van der Waals surface area contributed by atoms with Crippen molar-refractivity contribution in [1.82, 2.24) is 4.98 Å². The Hall–Kier alpha value is -3.96. The second-order valence-corrected chi connectivity index (χ2v) is 10.3. The van der Waals surface area contributed by atoms with E-state index >= 15 is 0 Å². The molecule has 0 radical (unpaired) electrons. The van der Waals surface area contributed by atoms with Crippen LogP contribution in [0.3, 0.4) is 0 Å². The van der Waals surface area contributed by atoms with Crippen molar-refractivity contribution < 1.29 is 4.42 Å². The molecule has 0 spiro atoms. The van der Waals surface area contributed by atoms with Gasteiger partial charge >= 0.3 is 0 Å². The molecule has 2 aromatic heterocycles. The van der Waals surface area contributed by atoms with Gasteiger partial charge in [0.2, 0.25) is 0 Å². The summed E-state index contributed by atoms with van der Waals surface area (Å²) in [6, 6.07) is 40.6. The summed E-state index contributed by atoms with van der Waals surface area (Å²) in [7, 11) is 0. The van der Waals surface area contributed by atoms with Gasteiger partial charge in [0.05, 0.1) is 5.52 Å². The fourth-order valence-corrected chi connectivity index (χ4v) is 5.22. The van der Waals surface area contributed by atoms with Gasteiger partial charge in [-0.3, -0.25) is 4.98 Å². The first-order valence-electron chi connectivity index (χ1n) is 11.9. The highest BCUT2D eigenvalue weighted by Gasteiger charge is 2.09. The maximum Gasteiger partial charge on any atom is 0.135 e. The first-order valence-corrected chi connectivity index (χ1v) is 13.0. The lowest BCUT2D eigenvalue weighted by Gasteiger charge is -2.08. The Morgan fingerprint density at radius 3 is 1.92 bits per heavy atom. The summed E-state index contributed by atoms with van der Waals surface area (Å²) in [5.74, 6) is 0. The third-order valence-electron chi connectivity index (χ3n) is 6.79. The zero-order chi connectivity index (χ0) is 24.1. The Kier molecular flexibility index (Phi) is 5.10. The number of hydrogen-bond acceptors (Lipinski definition) is 2. The number of rotatable bonds is 3. The smallest absolute Gasteiger partial charge is 0.135 e. The van der Waals surface area contributed by atoms with Crippen LogP contribution in [0.2, 0.25) is 0 Å². The molecule has 0 aliphatic rings. The number of pyridine rings is 1.